The fourth-order valence-electron chi connectivity index (χ4n) is 2.02. The van der Waals surface area contributed by atoms with Gasteiger partial charge in [0.15, 0.2) is 0 Å². The van der Waals surface area contributed by atoms with E-state index in [0.717, 1.165) is 0 Å². The smallest absolute Gasteiger partial charge is 0.311 e. The number of hydrogen-bond acceptors (Lipinski definition) is 5. The van der Waals surface area contributed by atoms with Gasteiger partial charge in [0, 0.05) is 6.07 Å². The largest absolute Gasteiger partial charge is 0.496 e. The Balaban J connectivity index is 2.48. The highest BCUT2D eigenvalue weighted by molar-refractivity contribution is 5.52. The van der Waals surface area contributed by atoms with Crippen LogP contribution >= 0.6 is 0 Å². The fraction of sp³-hybridized carbons (Fsp3) is 0.200. The highest BCUT2D eigenvalue weighted by atomic mass is 16.6. The maximum Gasteiger partial charge on any atom is 0.311 e. The summed E-state index contributed by atoms with van der Waals surface area (Å²) >= 11 is 0. The fourth-order valence-corrected chi connectivity index (χ4v) is 2.02. The summed E-state index contributed by atoms with van der Waals surface area (Å²) in [7, 11) is 1.48. The van der Waals surface area contributed by atoms with Gasteiger partial charge in [-0.1, -0.05) is 18.2 Å². The molecule has 0 aliphatic carbocycles. The van der Waals surface area contributed by atoms with Crippen LogP contribution in [0.4, 0.5) is 5.69 Å². The van der Waals surface area contributed by atoms with E-state index in [4.69, 9.17) is 9.47 Å². The van der Waals surface area contributed by atoms with Crippen LogP contribution < -0.4 is 9.47 Å². The van der Waals surface area contributed by atoms with Crippen molar-refractivity contribution in [2.45, 2.75) is 13.0 Å². The Morgan fingerprint density at radius 2 is 1.71 bits per heavy atom. The molecule has 2 rings (SSSR count). The maximum atomic E-state index is 11.0. The highest BCUT2D eigenvalue weighted by Crippen LogP contribution is 2.38. The Labute approximate surface area is 121 Å². The van der Waals surface area contributed by atoms with Gasteiger partial charge in [-0.3, -0.25) is 10.1 Å². The zero-order valence-electron chi connectivity index (χ0n) is 11.6. The quantitative estimate of drug-likeness (QED) is 0.673. The number of nitrogens with zero attached hydrogens (tertiary/aromatic N) is 1. The van der Waals surface area contributed by atoms with Crippen molar-refractivity contribution in [2.24, 2.45) is 0 Å². The Morgan fingerprint density at radius 3 is 2.33 bits per heavy atom. The lowest BCUT2D eigenvalue weighted by Gasteiger charge is -2.16. The molecule has 2 aromatic rings. The molecular weight excluding hydrogens is 274 g/mol. The molecule has 0 radical (unpaired) electrons. The molecule has 6 heteroatoms. The van der Waals surface area contributed by atoms with Gasteiger partial charge in [-0.05, 0) is 25.1 Å². The van der Waals surface area contributed by atoms with Gasteiger partial charge in [0.05, 0.1) is 23.7 Å². The molecule has 0 fully saturated rings. The lowest BCUT2D eigenvalue weighted by Crippen LogP contribution is -2.01. The normalized spacial score (nSPS) is 11.8. The molecule has 0 unspecified atom stereocenters. The van der Waals surface area contributed by atoms with Crippen molar-refractivity contribution in [3.8, 4) is 17.2 Å². The topological polar surface area (TPSA) is 81.8 Å². The lowest BCUT2D eigenvalue weighted by molar-refractivity contribution is -0.385. The number of nitro benzene ring substituents is 1. The molecule has 21 heavy (non-hydrogen) atoms. The average Bonchev–Trinajstić information content (AvgIpc) is 2.47. The minimum Gasteiger partial charge on any atom is -0.496 e. The first-order valence-corrected chi connectivity index (χ1v) is 6.30. The predicted octanol–water partition coefficient (Wildman–Crippen LogP) is 3.45. The van der Waals surface area contributed by atoms with Crippen molar-refractivity contribution >= 4 is 5.69 Å². The van der Waals surface area contributed by atoms with E-state index < -0.39 is 11.0 Å². The van der Waals surface area contributed by atoms with E-state index in [2.05, 4.69) is 0 Å². The molecule has 0 bridgehead atoms. The number of para-hydroxylation sites is 2. The van der Waals surface area contributed by atoms with Crippen LogP contribution in [0.15, 0.2) is 42.5 Å². The van der Waals surface area contributed by atoms with E-state index in [0.29, 0.717) is 17.1 Å². The molecule has 6 nitrogen and oxygen atoms in total. The van der Waals surface area contributed by atoms with Crippen LogP contribution in [0.5, 0.6) is 17.2 Å². The first-order chi connectivity index (χ1) is 10.0. The standard InChI is InChI=1S/C15H15NO5/c1-10(17)15-13(20-2)8-5-9-14(15)21-12-7-4-3-6-11(12)16(18)19/h3-10,17H,1-2H3/t10-/m1/s1. The Hall–Kier alpha value is -2.60. The summed E-state index contributed by atoms with van der Waals surface area (Å²) in [6.45, 7) is 1.57. The van der Waals surface area contributed by atoms with Gasteiger partial charge in [0.1, 0.15) is 11.5 Å². The van der Waals surface area contributed by atoms with E-state index in [1.807, 2.05) is 0 Å². The second-order valence-corrected chi connectivity index (χ2v) is 4.37. The number of hydrogen-bond donors (Lipinski definition) is 1. The third kappa shape index (κ3) is 3.11. The predicted molar refractivity (Wildman–Crippen MR) is 76.8 cm³/mol. The summed E-state index contributed by atoms with van der Waals surface area (Å²) in [5, 5.41) is 20.9. The summed E-state index contributed by atoms with van der Waals surface area (Å²) < 4.78 is 10.8. The zero-order valence-corrected chi connectivity index (χ0v) is 11.6. The van der Waals surface area contributed by atoms with Crippen molar-refractivity contribution in [3.05, 3.63) is 58.1 Å². The van der Waals surface area contributed by atoms with Crippen LogP contribution in [0.25, 0.3) is 0 Å². The summed E-state index contributed by atoms with van der Waals surface area (Å²) in [4.78, 5) is 10.5. The molecular formula is C15H15NO5. The summed E-state index contributed by atoms with van der Waals surface area (Å²) in [5.74, 6) is 0.886. The third-order valence-corrected chi connectivity index (χ3v) is 2.95. The van der Waals surface area contributed by atoms with E-state index in [1.165, 1.54) is 19.2 Å². The number of aliphatic hydroxyl groups excluding tert-OH is 1. The molecule has 1 atom stereocenters. The van der Waals surface area contributed by atoms with Crippen LogP contribution in [-0.2, 0) is 0 Å². The molecule has 0 aliphatic rings. The Bertz CT molecular complexity index is 654. The molecule has 0 amide bonds. The minimum atomic E-state index is -0.834. The molecule has 2 aromatic carbocycles. The summed E-state index contributed by atoms with van der Waals surface area (Å²) in [5.41, 5.74) is 0.301. The van der Waals surface area contributed by atoms with Gasteiger partial charge in [-0.2, -0.15) is 0 Å². The zero-order chi connectivity index (χ0) is 15.4. The number of aliphatic hydroxyl groups is 1. The number of benzene rings is 2. The average molecular weight is 289 g/mol. The van der Waals surface area contributed by atoms with E-state index in [9.17, 15) is 15.2 Å². The van der Waals surface area contributed by atoms with Gasteiger partial charge in [-0.25, -0.2) is 0 Å². The lowest BCUT2D eigenvalue weighted by atomic mass is 10.1. The molecule has 110 valence electrons. The van der Waals surface area contributed by atoms with E-state index in [-0.39, 0.29) is 11.4 Å². The minimum absolute atomic E-state index is 0.109. The monoisotopic (exact) mass is 289 g/mol. The Kier molecular flexibility index (Phi) is 4.39. The number of ether oxygens (including phenoxy) is 2. The van der Waals surface area contributed by atoms with Gasteiger partial charge in [0.25, 0.3) is 0 Å². The van der Waals surface area contributed by atoms with Crippen LogP contribution in [0, 0.1) is 10.1 Å². The maximum absolute atomic E-state index is 11.0. The van der Waals surface area contributed by atoms with Crippen molar-refractivity contribution < 1.29 is 19.5 Å². The van der Waals surface area contributed by atoms with Gasteiger partial charge < -0.3 is 14.6 Å². The highest BCUT2D eigenvalue weighted by Gasteiger charge is 2.19. The molecule has 1 N–H and O–H groups in total. The molecule has 0 saturated heterocycles. The van der Waals surface area contributed by atoms with Gasteiger partial charge >= 0.3 is 5.69 Å². The second kappa shape index (κ2) is 6.23. The first kappa shape index (κ1) is 14.8. The molecule has 0 saturated carbocycles. The van der Waals surface area contributed by atoms with Crippen LogP contribution in [-0.4, -0.2) is 17.1 Å². The van der Waals surface area contributed by atoms with Crippen LogP contribution in [0.3, 0.4) is 0 Å². The summed E-state index contributed by atoms with van der Waals surface area (Å²) in [6.07, 6.45) is -0.834. The second-order valence-electron chi connectivity index (χ2n) is 4.37. The number of nitro groups is 1. The Morgan fingerprint density at radius 1 is 1.10 bits per heavy atom. The van der Waals surface area contributed by atoms with Crippen molar-refractivity contribution in [1.29, 1.82) is 0 Å². The van der Waals surface area contributed by atoms with Gasteiger partial charge in [0.2, 0.25) is 5.75 Å². The van der Waals surface area contributed by atoms with Gasteiger partial charge in [-0.15, -0.1) is 0 Å². The molecule has 0 spiro atoms. The van der Waals surface area contributed by atoms with Crippen molar-refractivity contribution in [3.63, 3.8) is 0 Å². The van der Waals surface area contributed by atoms with E-state index in [1.54, 1.807) is 37.3 Å². The third-order valence-electron chi connectivity index (χ3n) is 2.95. The van der Waals surface area contributed by atoms with Crippen molar-refractivity contribution in [2.75, 3.05) is 7.11 Å². The number of methoxy groups -OCH3 is 1. The molecule has 0 aliphatic heterocycles. The van der Waals surface area contributed by atoms with E-state index >= 15 is 0 Å². The molecule has 0 aromatic heterocycles. The molecule has 0 heterocycles. The van der Waals surface area contributed by atoms with Crippen LogP contribution in [0.2, 0.25) is 0 Å². The summed E-state index contributed by atoms with van der Waals surface area (Å²) in [6, 6.07) is 11.1. The number of rotatable bonds is 5. The SMILES string of the molecule is COc1cccc(Oc2ccccc2[N+](=O)[O-])c1[C@@H](C)O. The first-order valence-electron chi connectivity index (χ1n) is 6.30. The van der Waals surface area contributed by atoms with Crippen LogP contribution in [0.1, 0.15) is 18.6 Å². The van der Waals surface area contributed by atoms with Crippen molar-refractivity contribution in [1.82, 2.24) is 0 Å².